The van der Waals surface area contributed by atoms with Crippen molar-refractivity contribution in [3.05, 3.63) is 0 Å². The van der Waals surface area contributed by atoms with Crippen molar-refractivity contribution in [2.24, 2.45) is 17.3 Å². The van der Waals surface area contributed by atoms with E-state index in [2.05, 4.69) is 45.0 Å². The van der Waals surface area contributed by atoms with Crippen molar-refractivity contribution in [3.63, 3.8) is 0 Å². The van der Waals surface area contributed by atoms with Gasteiger partial charge in [-0.15, -0.1) is 0 Å². The third kappa shape index (κ3) is 2.75. The molecule has 0 bridgehead atoms. The molecule has 0 radical (unpaired) electrons. The highest BCUT2D eigenvalue weighted by Crippen LogP contribution is 2.41. The Bertz CT molecular complexity index is 264. The quantitative estimate of drug-likeness (QED) is 0.830. The molecule has 0 aromatic heterocycles. The molecule has 1 aliphatic heterocycles. The Labute approximate surface area is 114 Å². The summed E-state index contributed by atoms with van der Waals surface area (Å²) in [5.41, 5.74) is 0.467. The molecular formula is C16H32N2. The van der Waals surface area contributed by atoms with Crippen molar-refractivity contribution in [2.45, 2.75) is 65.5 Å². The highest BCUT2D eigenvalue weighted by molar-refractivity contribution is 5.01. The number of piperidine rings is 1. The minimum Gasteiger partial charge on any atom is -0.315 e. The molecule has 2 heteroatoms. The van der Waals surface area contributed by atoms with Gasteiger partial charge in [0.15, 0.2) is 0 Å². The van der Waals surface area contributed by atoms with Gasteiger partial charge in [-0.3, -0.25) is 4.90 Å². The second kappa shape index (κ2) is 5.50. The smallest absolute Gasteiger partial charge is 0.0271 e. The van der Waals surface area contributed by atoms with Gasteiger partial charge in [0.2, 0.25) is 0 Å². The SMILES string of the molecule is CNC1C(N2CCC(C(C)C)CC2)CCC1(C)C. The minimum absolute atomic E-state index is 0.467. The van der Waals surface area contributed by atoms with Crippen LogP contribution in [0.1, 0.15) is 53.4 Å². The van der Waals surface area contributed by atoms with Gasteiger partial charge in [0.25, 0.3) is 0 Å². The monoisotopic (exact) mass is 252 g/mol. The molecule has 0 aromatic carbocycles. The Balaban J connectivity index is 1.94. The summed E-state index contributed by atoms with van der Waals surface area (Å²) in [5, 5.41) is 3.59. The zero-order chi connectivity index (χ0) is 13.3. The van der Waals surface area contributed by atoms with Crippen LogP contribution >= 0.6 is 0 Å². The molecule has 2 aliphatic rings. The molecule has 1 heterocycles. The first-order chi connectivity index (χ1) is 8.45. The Kier molecular flexibility index (Phi) is 4.38. The van der Waals surface area contributed by atoms with Gasteiger partial charge in [-0.1, -0.05) is 27.7 Å². The summed E-state index contributed by atoms with van der Waals surface area (Å²) in [6.07, 6.45) is 5.56. The second-order valence-electron chi connectivity index (χ2n) is 7.48. The largest absolute Gasteiger partial charge is 0.315 e. The summed E-state index contributed by atoms with van der Waals surface area (Å²) in [6, 6.07) is 1.45. The van der Waals surface area contributed by atoms with E-state index in [0.717, 1.165) is 17.9 Å². The minimum atomic E-state index is 0.467. The predicted molar refractivity (Wildman–Crippen MR) is 78.8 cm³/mol. The summed E-state index contributed by atoms with van der Waals surface area (Å²) in [7, 11) is 2.14. The molecular weight excluding hydrogens is 220 g/mol. The van der Waals surface area contributed by atoms with Crippen molar-refractivity contribution in [3.8, 4) is 0 Å². The second-order valence-corrected chi connectivity index (χ2v) is 7.48. The number of hydrogen-bond acceptors (Lipinski definition) is 2. The fourth-order valence-corrected chi connectivity index (χ4v) is 4.26. The van der Waals surface area contributed by atoms with E-state index in [1.807, 2.05) is 0 Å². The van der Waals surface area contributed by atoms with Gasteiger partial charge in [0.05, 0.1) is 0 Å². The number of nitrogens with zero attached hydrogens (tertiary/aromatic N) is 1. The fraction of sp³-hybridized carbons (Fsp3) is 1.00. The zero-order valence-corrected chi connectivity index (χ0v) is 13.0. The molecule has 18 heavy (non-hydrogen) atoms. The van der Waals surface area contributed by atoms with Gasteiger partial charge < -0.3 is 5.32 Å². The lowest BCUT2D eigenvalue weighted by molar-refractivity contribution is 0.0918. The molecule has 2 nitrogen and oxygen atoms in total. The summed E-state index contributed by atoms with van der Waals surface area (Å²) < 4.78 is 0. The Morgan fingerprint density at radius 2 is 1.72 bits per heavy atom. The van der Waals surface area contributed by atoms with Crippen LogP contribution < -0.4 is 5.32 Å². The lowest BCUT2D eigenvalue weighted by atomic mass is 9.84. The fourth-order valence-electron chi connectivity index (χ4n) is 4.26. The van der Waals surface area contributed by atoms with Crippen molar-refractivity contribution in [2.75, 3.05) is 20.1 Å². The molecule has 1 saturated heterocycles. The summed E-state index contributed by atoms with van der Waals surface area (Å²) in [6.45, 7) is 12.3. The summed E-state index contributed by atoms with van der Waals surface area (Å²) in [5.74, 6) is 1.83. The third-order valence-corrected chi connectivity index (χ3v) is 5.61. The Hall–Kier alpha value is -0.0800. The van der Waals surface area contributed by atoms with Crippen LogP contribution in [0.5, 0.6) is 0 Å². The van der Waals surface area contributed by atoms with E-state index >= 15 is 0 Å². The maximum atomic E-state index is 3.59. The molecule has 2 unspecified atom stereocenters. The molecule has 1 N–H and O–H groups in total. The third-order valence-electron chi connectivity index (χ3n) is 5.61. The van der Waals surface area contributed by atoms with E-state index in [0.29, 0.717) is 11.5 Å². The first-order valence-electron chi connectivity index (χ1n) is 7.87. The molecule has 106 valence electrons. The van der Waals surface area contributed by atoms with Crippen LogP contribution in [0.2, 0.25) is 0 Å². The molecule has 0 amide bonds. The van der Waals surface area contributed by atoms with Gasteiger partial charge in [-0.25, -0.2) is 0 Å². The average Bonchev–Trinajstić information content (AvgIpc) is 2.64. The normalized spacial score (nSPS) is 34.3. The van der Waals surface area contributed by atoms with Crippen LogP contribution in [0, 0.1) is 17.3 Å². The van der Waals surface area contributed by atoms with Crippen molar-refractivity contribution >= 4 is 0 Å². The summed E-state index contributed by atoms with van der Waals surface area (Å²) in [4.78, 5) is 2.77. The van der Waals surface area contributed by atoms with E-state index in [1.54, 1.807) is 0 Å². The Morgan fingerprint density at radius 1 is 1.11 bits per heavy atom. The zero-order valence-electron chi connectivity index (χ0n) is 13.0. The van der Waals surface area contributed by atoms with Crippen LogP contribution in [0.25, 0.3) is 0 Å². The summed E-state index contributed by atoms with van der Waals surface area (Å²) >= 11 is 0. The molecule has 2 atom stereocenters. The van der Waals surface area contributed by atoms with E-state index in [1.165, 1.54) is 38.8 Å². The number of likely N-dealkylation sites (N-methyl/N-ethyl adjacent to an activating group) is 1. The number of hydrogen-bond donors (Lipinski definition) is 1. The average molecular weight is 252 g/mol. The molecule has 2 rings (SSSR count). The maximum Gasteiger partial charge on any atom is 0.0271 e. The van der Waals surface area contributed by atoms with Crippen molar-refractivity contribution < 1.29 is 0 Å². The van der Waals surface area contributed by atoms with Crippen LogP contribution in [0.4, 0.5) is 0 Å². The van der Waals surface area contributed by atoms with Crippen LogP contribution in [0.3, 0.4) is 0 Å². The standard InChI is InChI=1S/C16H32N2/c1-12(2)13-7-10-18(11-8-13)14-6-9-16(3,4)15(14)17-5/h12-15,17H,6-11H2,1-5H3. The molecule has 1 saturated carbocycles. The van der Waals surface area contributed by atoms with Crippen LogP contribution in [-0.2, 0) is 0 Å². The molecule has 0 spiro atoms. The van der Waals surface area contributed by atoms with Crippen LogP contribution in [-0.4, -0.2) is 37.1 Å². The first kappa shape index (κ1) is 14.3. The molecule has 0 aromatic rings. The highest BCUT2D eigenvalue weighted by atomic mass is 15.2. The first-order valence-corrected chi connectivity index (χ1v) is 7.87. The van der Waals surface area contributed by atoms with Gasteiger partial charge in [0.1, 0.15) is 0 Å². The lowest BCUT2D eigenvalue weighted by Gasteiger charge is -2.41. The van der Waals surface area contributed by atoms with Gasteiger partial charge >= 0.3 is 0 Å². The number of likely N-dealkylation sites (tertiary alicyclic amines) is 1. The number of rotatable bonds is 3. The van der Waals surface area contributed by atoms with E-state index in [-0.39, 0.29) is 0 Å². The van der Waals surface area contributed by atoms with E-state index in [9.17, 15) is 0 Å². The van der Waals surface area contributed by atoms with Gasteiger partial charge in [0, 0.05) is 12.1 Å². The van der Waals surface area contributed by atoms with Gasteiger partial charge in [-0.2, -0.15) is 0 Å². The van der Waals surface area contributed by atoms with Gasteiger partial charge in [-0.05, 0) is 63.1 Å². The predicted octanol–water partition coefficient (Wildman–Crippen LogP) is 3.13. The highest BCUT2D eigenvalue weighted by Gasteiger charge is 2.44. The maximum absolute atomic E-state index is 3.59. The lowest BCUT2D eigenvalue weighted by Crippen LogP contribution is -2.52. The van der Waals surface area contributed by atoms with E-state index in [4.69, 9.17) is 0 Å². The van der Waals surface area contributed by atoms with Crippen molar-refractivity contribution in [1.29, 1.82) is 0 Å². The molecule has 2 fully saturated rings. The Morgan fingerprint density at radius 3 is 2.22 bits per heavy atom. The number of nitrogens with one attached hydrogen (secondary N) is 1. The van der Waals surface area contributed by atoms with Crippen LogP contribution in [0.15, 0.2) is 0 Å². The van der Waals surface area contributed by atoms with Crippen molar-refractivity contribution in [1.82, 2.24) is 10.2 Å². The topological polar surface area (TPSA) is 15.3 Å². The molecule has 1 aliphatic carbocycles. The van der Waals surface area contributed by atoms with E-state index < -0.39 is 0 Å².